The van der Waals surface area contributed by atoms with Gasteiger partial charge in [-0.25, -0.2) is 4.39 Å². The number of nitrogen functional groups attached to an aromatic ring is 1. The SMILES string of the molecule is C[C@H]1CC[C@]2(Cc3nc(OC[C@@]45CCCN4C[C@H](F)C5)nc(N4CCCn5nc(C(=O)N(C)C)cc5C4)c3CO2)c2c1ccc(N)c2C#N. The molecule has 258 valence electrons. The van der Waals surface area contributed by atoms with E-state index in [1.807, 2.05) is 22.9 Å². The van der Waals surface area contributed by atoms with Crippen molar-refractivity contribution in [2.75, 3.05) is 51.0 Å². The molecule has 2 saturated heterocycles. The zero-order chi connectivity index (χ0) is 34.1. The predicted molar refractivity (Wildman–Crippen MR) is 180 cm³/mol. The smallest absolute Gasteiger partial charge is 0.318 e. The van der Waals surface area contributed by atoms with Crippen LogP contribution in [0.1, 0.15) is 95.5 Å². The number of alkyl halides is 1. The molecule has 0 bridgehead atoms. The molecule has 1 aliphatic carbocycles. The van der Waals surface area contributed by atoms with E-state index in [-0.39, 0.29) is 30.0 Å². The van der Waals surface area contributed by atoms with Gasteiger partial charge in [-0.05, 0) is 62.3 Å². The molecule has 13 heteroatoms. The summed E-state index contributed by atoms with van der Waals surface area (Å²) in [6.07, 6.45) is 4.40. The first kappa shape index (κ1) is 32.0. The van der Waals surface area contributed by atoms with Crippen molar-refractivity contribution in [2.45, 2.75) is 94.8 Å². The molecule has 4 atom stereocenters. The highest BCUT2D eigenvalue weighted by Gasteiger charge is 2.50. The van der Waals surface area contributed by atoms with Crippen LogP contribution in [0.25, 0.3) is 0 Å². The Kier molecular flexibility index (Phi) is 7.79. The minimum atomic E-state index is -0.859. The Hall–Kier alpha value is -4.28. The number of hydrogen-bond donors (Lipinski definition) is 1. The molecule has 49 heavy (non-hydrogen) atoms. The van der Waals surface area contributed by atoms with Gasteiger partial charge in [0.2, 0.25) is 0 Å². The molecular weight excluding hydrogens is 625 g/mol. The summed E-state index contributed by atoms with van der Waals surface area (Å²) >= 11 is 0. The van der Waals surface area contributed by atoms with E-state index in [1.54, 1.807) is 14.1 Å². The average molecular weight is 670 g/mol. The van der Waals surface area contributed by atoms with Crippen LogP contribution in [0, 0.1) is 11.3 Å². The Bertz CT molecular complexity index is 1860. The van der Waals surface area contributed by atoms with E-state index in [4.69, 9.17) is 25.2 Å². The normalized spacial score (nSPS) is 27.5. The highest BCUT2D eigenvalue weighted by molar-refractivity contribution is 5.92. The van der Waals surface area contributed by atoms with Crippen molar-refractivity contribution in [1.29, 1.82) is 5.26 Å². The fourth-order valence-corrected chi connectivity index (χ4v) is 8.98. The molecule has 6 heterocycles. The number of nitrogens with zero attached hydrogens (tertiary/aromatic N) is 8. The molecule has 2 aromatic heterocycles. The van der Waals surface area contributed by atoms with E-state index in [1.165, 1.54) is 4.90 Å². The van der Waals surface area contributed by atoms with E-state index < -0.39 is 11.8 Å². The Labute approximate surface area is 286 Å². The summed E-state index contributed by atoms with van der Waals surface area (Å²) in [5, 5.41) is 14.9. The first-order valence-electron chi connectivity index (χ1n) is 17.5. The van der Waals surface area contributed by atoms with Crippen molar-refractivity contribution in [3.63, 3.8) is 0 Å². The Morgan fingerprint density at radius 1 is 1.22 bits per heavy atom. The van der Waals surface area contributed by atoms with Gasteiger partial charge in [0, 0.05) is 63.4 Å². The monoisotopic (exact) mass is 669 g/mol. The van der Waals surface area contributed by atoms with Gasteiger partial charge in [-0.3, -0.25) is 14.4 Å². The standard InChI is InChI=1S/C36H44FN9O3/c1-22-8-10-36(31-25(22)6-7-28(39)26(31)17-38)16-30-27(20-49-36)32(41-34(40-30)48-21-35-9-4-12-45(35)18-23(37)15-35)44-11-5-13-46-24(19-44)14-29(42-46)33(47)43(2)3/h6-7,14,22-23H,4-5,8-13,15-16,18-21,39H2,1-3H3/t22-,23+,35-,36-/m0/s1. The number of aromatic nitrogens is 4. The molecule has 4 aliphatic heterocycles. The number of halogens is 1. The first-order chi connectivity index (χ1) is 23.6. The van der Waals surface area contributed by atoms with Crippen LogP contribution in [-0.4, -0.2) is 87.5 Å². The number of hydrogen-bond acceptors (Lipinski definition) is 10. The van der Waals surface area contributed by atoms with Crippen LogP contribution in [-0.2, 0) is 36.5 Å². The van der Waals surface area contributed by atoms with Gasteiger partial charge in [-0.1, -0.05) is 13.0 Å². The third kappa shape index (κ3) is 5.31. The molecule has 0 saturated carbocycles. The predicted octanol–water partition coefficient (Wildman–Crippen LogP) is 4.06. The van der Waals surface area contributed by atoms with Gasteiger partial charge < -0.3 is 25.0 Å². The number of nitriles is 1. The molecule has 12 nitrogen and oxygen atoms in total. The van der Waals surface area contributed by atoms with E-state index in [2.05, 4.69) is 27.9 Å². The minimum Gasteiger partial charge on any atom is -0.461 e. The summed E-state index contributed by atoms with van der Waals surface area (Å²) in [6, 6.07) is 8.39. The molecule has 1 amide bonds. The molecule has 2 N–H and O–H groups in total. The van der Waals surface area contributed by atoms with Crippen molar-refractivity contribution >= 4 is 17.4 Å². The number of benzene rings is 1. The lowest BCUT2D eigenvalue weighted by molar-refractivity contribution is -0.0873. The molecule has 0 radical (unpaired) electrons. The van der Waals surface area contributed by atoms with Crippen molar-refractivity contribution in [1.82, 2.24) is 29.5 Å². The second-order valence-corrected chi connectivity index (χ2v) is 14.8. The van der Waals surface area contributed by atoms with E-state index in [0.717, 1.165) is 72.5 Å². The molecule has 1 aromatic carbocycles. The summed E-state index contributed by atoms with van der Waals surface area (Å²) in [5.41, 5.74) is 11.2. The molecule has 1 spiro atoms. The van der Waals surface area contributed by atoms with Crippen LogP contribution < -0.4 is 15.4 Å². The molecule has 8 rings (SSSR count). The van der Waals surface area contributed by atoms with Crippen LogP contribution in [0.15, 0.2) is 18.2 Å². The average Bonchev–Trinajstić information content (AvgIpc) is 3.71. The van der Waals surface area contributed by atoms with Gasteiger partial charge >= 0.3 is 6.01 Å². The number of ether oxygens (including phenoxy) is 2. The van der Waals surface area contributed by atoms with Crippen molar-refractivity contribution in [3.05, 3.63) is 57.5 Å². The largest absolute Gasteiger partial charge is 0.461 e. The maximum Gasteiger partial charge on any atom is 0.318 e. The Morgan fingerprint density at radius 3 is 2.90 bits per heavy atom. The van der Waals surface area contributed by atoms with Crippen molar-refractivity contribution < 1.29 is 18.7 Å². The third-order valence-corrected chi connectivity index (χ3v) is 11.5. The molecule has 5 aliphatic rings. The minimum absolute atomic E-state index is 0.136. The van der Waals surface area contributed by atoms with Gasteiger partial charge in [0.1, 0.15) is 30.3 Å². The van der Waals surface area contributed by atoms with E-state index in [9.17, 15) is 14.4 Å². The number of rotatable bonds is 5. The van der Waals surface area contributed by atoms with E-state index >= 15 is 0 Å². The number of fused-ring (bicyclic) bond motifs is 5. The third-order valence-electron chi connectivity index (χ3n) is 11.5. The van der Waals surface area contributed by atoms with Gasteiger partial charge in [0.05, 0.1) is 35.6 Å². The number of nitrogens with two attached hydrogens (primary N) is 1. The Balaban J connectivity index is 1.19. The highest BCUT2D eigenvalue weighted by atomic mass is 19.1. The van der Waals surface area contributed by atoms with Gasteiger partial charge in [-0.15, -0.1) is 0 Å². The van der Waals surface area contributed by atoms with Crippen LogP contribution in [0.3, 0.4) is 0 Å². The van der Waals surface area contributed by atoms with Crippen molar-refractivity contribution in [3.8, 4) is 12.1 Å². The second kappa shape index (κ2) is 11.9. The lowest BCUT2D eigenvalue weighted by Crippen LogP contribution is -2.44. The topological polar surface area (TPSA) is 139 Å². The maximum absolute atomic E-state index is 14.6. The summed E-state index contributed by atoms with van der Waals surface area (Å²) in [6.45, 7) is 5.99. The number of aryl methyl sites for hydroxylation is 1. The van der Waals surface area contributed by atoms with Crippen LogP contribution in [0.4, 0.5) is 15.9 Å². The number of amides is 1. The van der Waals surface area contributed by atoms with Crippen molar-refractivity contribution in [2.24, 2.45) is 0 Å². The first-order valence-corrected chi connectivity index (χ1v) is 17.5. The summed E-state index contributed by atoms with van der Waals surface area (Å²) in [7, 11) is 3.45. The number of carbonyl (C=O) groups excluding carboxylic acids is 1. The molecule has 3 aromatic rings. The Morgan fingerprint density at radius 2 is 2.08 bits per heavy atom. The summed E-state index contributed by atoms with van der Waals surface area (Å²) < 4.78 is 29.9. The molecular formula is C36H44FN9O3. The summed E-state index contributed by atoms with van der Waals surface area (Å²) in [4.78, 5) is 28.8. The fourth-order valence-electron chi connectivity index (χ4n) is 8.98. The van der Waals surface area contributed by atoms with Gasteiger partial charge in [0.15, 0.2) is 5.69 Å². The fraction of sp³-hybridized carbons (Fsp3) is 0.583. The quantitative estimate of drug-likeness (QED) is 0.396. The molecule has 0 unspecified atom stereocenters. The number of carbonyl (C=O) groups is 1. The second-order valence-electron chi connectivity index (χ2n) is 14.8. The number of anilines is 2. The zero-order valence-corrected chi connectivity index (χ0v) is 28.5. The van der Waals surface area contributed by atoms with Crippen LogP contribution in [0.2, 0.25) is 0 Å². The zero-order valence-electron chi connectivity index (χ0n) is 28.5. The highest BCUT2D eigenvalue weighted by Crippen LogP contribution is 2.51. The lowest BCUT2D eigenvalue weighted by Gasteiger charge is -2.45. The van der Waals surface area contributed by atoms with Crippen LogP contribution >= 0.6 is 0 Å². The summed E-state index contributed by atoms with van der Waals surface area (Å²) in [5.74, 6) is 0.866. The van der Waals surface area contributed by atoms with E-state index in [0.29, 0.717) is 62.6 Å². The van der Waals surface area contributed by atoms with Gasteiger partial charge in [0.25, 0.3) is 5.91 Å². The van der Waals surface area contributed by atoms with Gasteiger partial charge in [-0.2, -0.15) is 20.3 Å². The lowest BCUT2D eigenvalue weighted by atomic mass is 9.69. The molecule has 2 fully saturated rings. The maximum atomic E-state index is 14.6. The van der Waals surface area contributed by atoms with Crippen LogP contribution in [0.5, 0.6) is 6.01 Å².